The molecule has 3 rings (SSSR count). The molecule has 1 aromatic heterocycles. The van der Waals surface area contributed by atoms with Crippen molar-refractivity contribution in [2.75, 3.05) is 6.61 Å². The molecule has 9 nitrogen and oxygen atoms in total. The molecular weight excluding hydrogens is 462 g/mol. The van der Waals surface area contributed by atoms with Gasteiger partial charge in [0, 0.05) is 10.6 Å². The first-order chi connectivity index (χ1) is 16.3. The summed E-state index contributed by atoms with van der Waals surface area (Å²) in [6.45, 7) is 6.37. The van der Waals surface area contributed by atoms with Crippen LogP contribution in [0.5, 0.6) is 17.4 Å². The van der Waals surface area contributed by atoms with Crippen LogP contribution < -0.4 is 15.0 Å². The molecule has 0 bridgehead atoms. The predicted octanol–water partition coefficient (Wildman–Crippen LogP) is 4.91. The van der Waals surface area contributed by atoms with Crippen LogP contribution in [0.4, 0.5) is 5.69 Å². The predicted molar refractivity (Wildman–Crippen MR) is 129 cm³/mol. The number of benzene rings is 2. The zero-order chi connectivity index (χ0) is 24.7. The Balaban J connectivity index is 1.94. The van der Waals surface area contributed by atoms with E-state index in [-0.39, 0.29) is 5.82 Å². The summed E-state index contributed by atoms with van der Waals surface area (Å²) < 4.78 is 11.9. The van der Waals surface area contributed by atoms with Crippen LogP contribution in [-0.4, -0.2) is 26.6 Å². The molecule has 0 fully saturated rings. The van der Waals surface area contributed by atoms with Crippen molar-refractivity contribution in [3.8, 4) is 17.4 Å². The average molecular weight is 484 g/mol. The number of aromatic nitrogens is 2. The molecule has 0 saturated heterocycles. The second-order valence-corrected chi connectivity index (χ2v) is 7.50. The Hall–Kier alpha value is -4.11. The van der Waals surface area contributed by atoms with E-state index in [1.165, 1.54) is 6.08 Å². The molecule has 1 heterocycles. The van der Waals surface area contributed by atoms with E-state index in [1.54, 1.807) is 30.4 Å². The number of nitro groups is 1. The molecule has 0 amide bonds. The number of halogens is 1. The van der Waals surface area contributed by atoms with Crippen LogP contribution in [0.1, 0.15) is 29.4 Å². The minimum Gasteiger partial charge on any atom is -0.490 e. The maximum absolute atomic E-state index is 11.9. The molecule has 0 saturated carbocycles. The largest absolute Gasteiger partial charge is 0.490 e. The second-order valence-electron chi connectivity index (χ2n) is 7.06. The number of hydrogen-bond donors (Lipinski definition) is 2. The first-order valence-corrected chi connectivity index (χ1v) is 10.6. The van der Waals surface area contributed by atoms with E-state index in [0.29, 0.717) is 41.7 Å². The number of hydrogen-bond acceptors (Lipinski definition) is 7. The zero-order valence-electron chi connectivity index (χ0n) is 18.3. The minimum atomic E-state index is -1.05. The van der Waals surface area contributed by atoms with Crippen molar-refractivity contribution in [2.24, 2.45) is 0 Å². The van der Waals surface area contributed by atoms with E-state index in [1.807, 2.05) is 25.1 Å². The van der Waals surface area contributed by atoms with Gasteiger partial charge in [0.05, 0.1) is 11.5 Å². The van der Waals surface area contributed by atoms with Crippen LogP contribution in [0, 0.1) is 10.1 Å². The van der Waals surface area contributed by atoms with Crippen molar-refractivity contribution >= 4 is 29.4 Å². The highest BCUT2D eigenvalue weighted by atomic mass is 35.5. The molecule has 0 radical (unpaired) electrons. The third-order valence-electron chi connectivity index (χ3n) is 4.63. The number of nitrogens with zero attached hydrogens (tertiary/aromatic N) is 2. The van der Waals surface area contributed by atoms with E-state index >= 15 is 0 Å². The fourth-order valence-electron chi connectivity index (χ4n) is 3.14. The van der Waals surface area contributed by atoms with Crippen molar-refractivity contribution in [1.29, 1.82) is 0 Å². The Morgan fingerprint density at radius 3 is 2.59 bits per heavy atom. The van der Waals surface area contributed by atoms with Gasteiger partial charge in [0.2, 0.25) is 0 Å². The molecule has 0 aliphatic rings. The van der Waals surface area contributed by atoms with Gasteiger partial charge in [-0.15, -0.1) is 6.58 Å². The lowest BCUT2D eigenvalue weighted by Gasteiger charge is -2.17. The zero-order valence-corrected chi connectivity index (χ0v) is 19.0. The number of aromatic hydroxyl groups is 1. The van der Waals surface area contributed by atoms with Crippen molar-refractivity contribution in [1.82, 2.24) is 9.97 Å². The summed E-state index contributed by atoms with van der Waals surface area (Å²) in [7, 11) is 0. The molecule has 0 atom stereocenters. The van der Waals surface area contributed by atoms with Crippen LogP contribution >= 0.6 is 11.6 Å². The van der Waals surface area contributed by atoms with Gasteiger partial charge in [-0.3, -0.25) is 14.9 Å². The Morgan fingerprint density at radius 1 is 1.24 bits per heavy atom. The van der Waals surface area contributed by atoms with Crippen LogP contribution in [0.25, 0.3) is 12.2 Å². The summed E-state index contributed by atoms with van der Waals surface area (Å²) in [6, 6.07) is 10.9. The van der Waals surface area contributed by atoms with E-state index in [4.69, 9.17) is 21.1 Å². The summed E-state index contributed by atoms with van der Waals surface area (Å²) in [6.07, 6.45) is 5.29. The lowest BCUT2D eigenvalue weighted by atomic mass is 10.0. The molecule has 0 spiro atoms. The molecule has 0 unspecified atom stereocenters. The molecule has 0 aliphatic carbocycles. The highest BCUT2D eigenvalue weighted by molar-refractivity contribution is 6.30. The fourth-order valence-corrected chi connectivity index (χ4v) is 3.27. The topological polar surface area (TPSA) is 128 Å². The highest BCUT2D eigenvalue weighted by Gasteiger charge is 2.21. The Morgan fingerprint density at radius 2 is 1.97 bits per heavy atom. The van der Waals surface area contributed by atoms with Crippen LogP contribution in [0.2, 0.25) is 5.02 Å². The van der Waals surface area contributed by atoms with Gasteiger partial charge >= 0.3 is 11.2 Å². The van der Waals surface area contributed by atoms with E-state index in [9.17, 15) is 20.0 Å². The number of aromatic amines is 1. The van der Waals surface area contributed by atoms with Gasteiger partial charge in [-0.05, 0) is 54.8 Å². The number of allylic oxidation sites excluding steroid dienone is 1. The van der Waals surface area contributed by atoms with Crippen molar-refractivity contribution in [3.05, 3.63) is 97.1 Å². The lowest BCUT2D eigenvalue weighted by Crippen LogP contribution is -2.14. The van der Waals surface area contributed by atoms with Crippen LogP contribution in [0.3, 0.4) is 0 Å². The first kappa shape index (κ1) is 24.5. The molecule has 3 aromatic rings. The fraction of sp³-hybridized carbons (Fsp3) is 0.167. The number of nitrogens with one attached hydrogen (secondary N) is 1. The Labute approximate surface area is 200 Å². The molecular formula is C24H22ClN3O6. The summed E-state index contributed by atoms with van der Waals surface area (Å²) in [5.41, 5.74) is 0.396. The van der Waals surface area contributed by atoms with Gasteiger partial charge < -0.3 is 19.6 Å². The minimum absolute atomic E-state index is 0.0422. The van der Waals surface area contributed by atoms with Gasteiger partial charge in [0.25, 0.3) is 5.88 Å². The summed E-state index contributed by atoms with van der Waals surface area (Å²) in [4.78, 5) is 27.6. The standard InChI is InChI=1S/C24H22ClN3O6/c1-3-5-17-12-16(8-11-20-26-23(29)21(28(31)32)24(30)27-20)13-19(33-4-2)22(17)34-14-15-6-9-18(25)10-7-15/h3,6-13H,1,4-5,14H2,2H3,(H2,26,27,29,30). The maximum Gasteiger partial charge on any atom is 0.395 e. The van der Waals surface area contributed by atoms with Gasteiger partial charge in [-0.2, -0.15) is 4.98 Å². The van der Waals surface area contributed by atoms with Crippen molar-refractivity contribution < 1.29 is 19.5 Å². The second kappa shape index (κ2) is 11.2. The molecule has 0 aliphatic heterocycles. The quantitative estimate of drug-likeness (QED) is 0.238. The van der Waals surface area contributed by atoms with E-state index < -0.39 is 22.0 Å². The van der Waals surface area contributed by atoms with E-state index in [0.717, 1.165) is 11.1 Å². The van der Waals surface area contributed by atoms with Crippen LogP contribution in [0.15, 0.2) is 53.8 Å². The average Bonchev–Trinajstić information content (AvgIpc) is 2.78. The number of ether oxygens (including phenoxy) is 2. The molecule has 34 heavy (non-hydrogen) atoms. The van der Waals surface area contributed by atoms with Crippen molar-refractivity contribution in [3.63, 3.8) is 0 Å². The number of rotatable bonds is 10. The molecule has 2 N–H and O–H groups in total. The lowest BCUT2D eigenvalue weighted by molar-refractivity contribution is -0.387. The summed E-state index contributed by atoms with van der Waals surface area (Å²) in [5.74, 6) is 0.0953. The van der Waals surface area contributed by atoms with Gasteiger partial charge in [0.1, 0.15) is 12.4 Å². The van der Waals surface area contributed by atoms with Crippen molar-refractivity contribution in [2.45, 2.75) is 20.0 Å². The third kappa shape index (κ3) is 6.02. The Kier molecular flexibility index (Phi) is 8.05. The van der Waals surface area contributed by atoms with Crippen LogP contribution in [-0.2, 0) is 13.0 Å². The maximum atomic E-state index is 11.9. The first-order valence-electron chi connectivity index (χ1n) is 10.3. The third-order valence-corrected chi connectivity index (χ3v) is 4.88. The highest BCUT2D eigenvalue weighted by Crippen LogP contribution is 2.35. The van der Waals surface area contributed by atoms with Gasteiger partial charge in [0.15, 0.2) is 11.5 Å². The Bertz CT molecular complexity index is 1290. The number of H-pyrrole nitrogens is 1. The van der Waals surface area contributed by atoms with Gasteiger partial charge in [-0.25, -0.2) is 0 Å². The normalized spacial score (nSPS) is 10.9. The monoisotopic (exact) mass is 483 g/mol. The molecule has 2 aromatic carbocycles. The van der Waals surface area contributed by atoms with Gasteiger partial charge in [-0.1, -0.05) is 35.9 Å². The SMILES string of the molecule is C=CCc1cc(C=Cc2nc(O)c([N+](=O)[O-])c(=O)[nH]2)cc(OCC)c1OCc1ccc(Cl)cc1. The summed E-state index contributed by atoms with van der Waals surface area (Å²) >= 11 is 5.95. The summed E-state index contributed by atoms with van der Waals surface area (Å²) in [5, 5.41) is 21.2. The molecule has 10 heteroatoms. The molecule has 176 valence electrons. The van der Waals surface area contributed by atoms with E-state index in [2.05, 4.69) is 16.5 Å². The smallest absolute Gasteiger partial charge is 0.395 e.